The normalized spacial score (nSPS) is 9.92. The second-order valence-electron chi connectivity index (χ2n) is 4.93. The Bertz CT molecular complexity index is 800. The predicted molar refractivity (Wildman–Crippen MR) is 101 cm³/mol. The quantitative estimate of drug-likeness (QED) is 0.664. The summed E-state index contributed by atoms with van der Waals surface area (Å²) in [4.78, 5) is 8.51. The summed E-state index contributed by atoms with van der Waals surface area (Å²) in [6.07, 6.45) is 3.30. The lowest BCUT2D eigenvalue weighted by molar-refractivity contribution is 0.628. The van der Waals surface area contributed by atoms with Gasteiger partial charge >= 0.3 is 0 Å². The zero-order valence-corrected chi connectivity index (χ0v) is 15.0. The van der Waals surface area contributed by atoms with Crippen LogP contribution in [0.3, 0.4) is 0 Å². The Kier molecular flexibility index (Phi) is 7.60. The number of nitrogens with one attached hydrogen (secondary N) is 2. The summed E-state index contributed by atoms with van der Waals surface area (Å²) < 4.78 is 11.9. The molecule has 0 spiro atoms. The number of hydrogen-bond acceptors (Lipinski definition) is 4. The van der Waals surface area contributed by atoms with E-state index < -0.39 is 0 Å². The van der Waals surface area contributed by atoms with Crippen LogP contribution in [0, 0.1) is 5.82 Å². The molecule has 0 saturated carbocycles. The molecule has 0 radical (unpaired) electrons. The summed E-state index contributed by atoms with van der Waals surface area (Å²) in [5.74, 6) is 0.521. The molecule has 3 rings (SSSR count). The smallest absolute Gasteiger partial charge is 0.153 e. The molecule has 3 aromatic rings. The topological polar surface area (TPSA) is 49.8 Å². The standard InChI is InChI=1S/C12H12Cl2N4.C6H5F/c1-15-7-11-12(17-5-4-16-11)18-8-2-3-9(13)10(14)6-8;7-6-4-2-1-3-5-6/h2-6,15H,7H2,1H3,(H,17,18);1-5H. The lowest BCUT2D eigenvalue weighted by atomic mass is 10.3. The van der Waals surface area contributed by atoms with E-state index >= 15 is 0 Å². The Morgan fingerprint density at radius 2 is 1.68 bits per heavy atom. The van der Waals surface area contributed by atoms with E-state index in [1.165, 1.54) is 12.1 Å². The van der Waals surface area contributed by atoms with Gasteiger partial charge in [0.25, 0.3) is 0 Å². The van der Waals surface area contributed by atoms with Crippen LogP contribution < -0.4 is 10.6 Å². The van der Waals surface area contributed by atoms with Gasteiger partial charge in [0.15, 0.2) is 5.82 Å². The van der Waals surface area contributed by atoms with E-state index in [0.29, 0.717) is 22.4 Å². The van der Waals surface area contributed by atoms with E-state index in [9.17, 15) is 4.39 Å². The second kappa shape index (κ2) is 9.93. The monoisotopic (exact) mass is 378 g/mol. The predicted octanol–water partition coefficient (Wildman–Crippen LogP) is 5.07. The molecule has 0 aliphatic carbocycles. The van der Waals surface area contributed by atoms with Crippen molar-refractivity contribution >= 4 is 34.7 Å². The summed E-state index contributed by atoms with van der Waals surface area (Å²) in [6, 6.07) is 13.3. The molecule has 130 valence electrons. The fraction of sp³-hybridized carbons (Fsp3) is 0.111. The third-order valence-corrected chi connectivity index (χ3v) is 3.77. The SMILES string of the molecule is CNCc1nccnc1Nc1ccc(Cl)c(Cl)c1.Fc1ccccc1. The number of halogens is 3. The maximum atomic E-state index is 11.9. The summed E-state index contributed by atoms with van der Waals surface area (Å²) in [6.45, 7) is 0.636. The lowest BCUT2D eigenvalue weighted by Crippen LogP contribution is -2.10. The molecule has 0 amide bonds. The summed E-state index contributed by atoms with van der Waals surface area (Å²) in [5, 5.41) is 7.24. The van der Waals surface area contributed by atoms with E-state index in [-0.39, 0.29) is 5.82 Å². The van der Waals surface area contributed by atoms with Crippen LogP contribution in [0.4, 0.5) is 15.9 Å². The Balaban J connectivity index is 0.000000269. The van der Waals surface area contributed by atoms with Crippen LogP contribution in [-0.4, -0.2) is 17.0 Å². The molecule has 1 aromatic heterocycles. The Labute approximate surface area is 156 Å². The van der Waals surface area contributed by atoms with Crippen LogP contribution in [0.5, 0.6) is 0 Å². The maximum absolute atomic E-state index is 11.9. The van der Waals surface area contributed by atoms with Gasteiger partial charge in [-0.1, -0.05) is 41.4 Å². The molecular weight excluding hydrogens is 362 g/mol. The number of rotatable bonds is 4. The first kappa shape index (κ1) is 19.1. The molecule has 0 atom stereocenters. The van der Waals surface area contributed by atoms with Crippen LogP contribution in [-0.2, 0) is 6.54 Å². The van der Waals surface area contributed by atoms with Gasteiger partial charge in [-0.05, 0) is 37.4 Å². The van der Waals surface area contributed by atoms with Crippen LogP contribution in [0.25, 0.3) is 0 Å². The van der Waals surface area contributed by atoms with E-state index in [1.54, 1.807) is 42.7 Å². The van der Waals surface area contributed by atoms with Crippen molar-refractivity contribution < 1.29 is 4.39 Å². The molecule has 0 aliphatic rings. The van der Waals surface area contributed by atoms with Crippen LogP contribution in [0.1, 0.15) is 5.69 Å². The zero-order chi connectivity index (χ0) is 18.1. The lowest BCUT2D eigenvalue weighted by Gasteiger charge is -2.10. The van der Waals surface area contributed by atoms with E-state index in [4.69, 9.17) is 23.2 Å². The molecule has 0 aliphatic heterocycles. The highest BCUT2D eigenvalue weighted by Crippen LogP contribution is 2.26. The van der Waals surface area contributed by atoms with E-state index in [2.05, 4.69) is 20.6 Å². The minimum absolute atomic E-state index is 0.178. The summed E-state index contributed by atoms with van der Waals surface area (Å²) >= 11 is 11.8. The summed E-state index contributed by atoms with van der Waals surface area (Å²) in [5.41, 5.74) is 1.66. The van der Waals surface area contributed by atoms with Gasteiger partial charge in [0.2, 0.25) is 0 Å². The highest BCUT2D eigenvalue weighted by molar-refractivity contribution is 6.42. The highest BCUT2D eigenvalue weighted by atomic mass is 35.5. The fourth-order valence-corrected chi connectivity index (χ4v) is 2.19. The molecule has 0 unspecified atom stereocenters. The molecule has 25 heavy (non-hydrogen) atoms. The van der Waals surface area contributed by atoms with Crippen molar-refractivity contribution in [1.29, 1.82) is 0 Å². The molecule has 1 heterocycles. The molecule has 2 N–H and O–H groups in total. The van der Waals surface area contributed by atoms with Crippen molar-refractivity contribution in [2.75, 3.05) is 12.4 Å². The Morgan fingerprint density at radius 3 is 2.28 bits per heavy atom. The average molecular weight is 379 g/mol. The molecule has 0 saturated heterocycles. The third-order valence-electron chi connectivity index (χ3n) is 3.03. The first-order chi connectivity index (χ1) is 12.1. The average Bonchev–Trinajstić information content (AvgIpc) is 2.61. The highest BCUT2D eigenvalue weighted by Gasteiger charge is 2.05. The van der Waals surface area contributed by atoms with Gasteiger partial charge in [-0.15, -0.1) is 0 Å². The minimum atomic E-state index is -0.178. The van der Waals surface area contributed by atoms with E-state index in [0.717, 1.165) is 11.4 Å². The molecular formula is C18H17Cl2FN4. The second-order valence-corrected chi connectivity index (χ2v) is 5.75. The molecule has 0 fully saturated rings. The van der Waals surface area contributed by atoms with Gasteiger partial charge < -0.3 is 10.6 Å². The van der Waals surface area contributed by atoms with Crippen molar-refractivity contribution in [1.82, 2.24) is 15.3 Å². The number of benzene rings is 2. The third kappa shape index (κ3) is 6.31. The van der Waals surface area contributed by atoms with Crippen molar-refractivity contribution in [3.63, 3.8) is 0 Å². The van der Waals surface area contributed by atoms with Crippen LogP contribution in [0.2, 0.25) is 10.0 Å². The van der Waals surface area contributed by atoms with Gasteiger partial charge in [0.1, 0.15) is 5.82 Å². The Hall–Kier alpha value is -2.21. The summed E-state index contributed by atoms with van der Waals surface area (Å²) in [7, 11) is 1.86. The van der Waals surface area contributed by atoms with Gasteiger partial charge in [-0.2, -0.15) is 0 Å². The van der Waals surface area contributed by atoms with Crippen molar-refractivity contribution in [3.8, 4) is 0 Å². The largest absolute Gasteiger partial charge is 0.339 e. The maximum Gasteiger partial charge on any atom is 0.153 e. The fourth-order valence-electron chi connectivity index (χ4n) is 1.89. The zero-order valence-electron chi connectivity index (χ0n) is 13.5. The number of nitrogens with zero attached hydrogens (tertiary/aromatic N) is 2. The van der Waals surface area contributed by atoms with Crippen molar-refractivity contribution in [3.05, 3.63) is 82.5 Å². The van der Waals surface area contributed by atoms with Crippen LogP contribution in [0.15, 0.2) is 60.9 Å². The van der Waals surface area contributed by atoms with Crippen molar-refractivity contribution in [2.45, 2.75) is 6.54 Å². The minimum Gasteiger partial charge on any atom is -0.339 e. The first-order valence-electron chi connectivity index (χ1n) is 7.47. The number of aromatic nitrogens is 2. The number of anilines is 2. The Morgan fingerprint density at radius 1 is 0.960 bits per heavy atom. The molecule has 4 nitrogen and oxygen atoms in total. The molecule has 2 aromatic carbocycles. The van der Waals surface area contributed by atoms with Gasteiger partial charge in [-0.3, -0.25) is 4.98 Å². The van der Waals surface area contributed by atoms with E-state index in [1.807, 2.05) is 13.1 Å². The molecule has 0 bridgehead atoms. The number of hydrogen-bond donors (Lipinski definition) is 2. The van der Waals surface area contributed by atoms with Gasteiger partial charge in [-0.25, -0.2) is 9.37 Å². The van der Waals surface area contributed by atoms with Gasteiger partial charge in [0.05, 0.1) is 15.7 Å². The van der Waals surface area contributed by atoms with Crippen LogP contribution >= 0.6 is 23.2 Å². The van der Waals surface area contributed by atoms with Crippen molar-refractivity contribution in [2.24, 2.45) is 0 Å². The molecule has 7 heteroatoms. The van der Waals surface area contributed by atoms with Gasteiger partial charge in [0, 0.05) is 24.6 Å². The first-order valence-corrected chi connectivity index (χ1v) is 8.23.